The van der Waals surface area contributed by atoms with E-state index >= 15 is 0 Å². The summed E-state index contributed by atoms with van der Waals surface area (Å²) >= 11 is 5.76. The van der Waals surface area contributed by atoms with Gasteiger partial charge in [-0.3, -0.25) is 0 Å². The molecular formula is C3H7ClGeO. The van der Waals surface area contributed by atoms with Crippen molar-refractivity contribution in [2.75, 3.05) is 0 Å². The van der Waals surface area contributed by atoms with Gasteiger partial charge in [-0.1, -0.05) is 0 Å². The summed E-state index contributed by atoms with van der Waals surface area (Å²) in [5, 5.41) is 0.845. The van der Waals surface area contributed by atoms with Gasteiger partial charge in [0.1, 0.15) is 0 Å². The van der Waals surface area contributed by atoms with Gasteiger partial charge in [-0.2, -0.15) is 0 Å². The summed E-state index contributed by atoms with van der Waals surface area (Å²) in [6, 6.07) is 0. The van der Waals surface area contributed by atoms with Crippen molar-refractivity contribution in [3.63, 3.8) is 0 Å². The molecule has 0 N–H and O–H groups in total. The van der Waals surface area contributed by atoms with Crippen LogP contribution >= 0.6 is 11.6 Å². The number of carbonyl (C=O) groups is 1. The van der Waals surface area contributed by atoms with Gasteiger partial charge >= 0.3 is 49.8 Å². The number of hydrogen-bond donors (Lipinski definition) is 0. The fourth-order valence-electron chi connectivity index (χ4n) is 0.197. The molecule has 0 rings (SSSR count). The van der Waals surface area contributed by atoms with E-state index in [1.54, 1.807) is 0 Å². The molecule has 0 aliphatic heterocycles. The van der Waals surface area contributed by atoms with Crippen molar-refractivity contribution < 1.29 is 4.79 Å². The van der Waals surface area contributed by atoms with Crippen LogP contribution in [-0.2, 0) is 4.79 Å². The van der Waals surface area contributed by atoms with E-state index in [-0.39, 0.29) is 5.24 Å². The molecule has 0 aliphatic rings. The van der Waals surface area contributed by atoms with Crippen LogP contribution in [0.15, 0.2) is 0 Å². The third-order valence-electron chi connectivity index (χ3n) is 0.447. The molecule has 0 saturated carbocycles. The zero-order chi connectivity index (χ0) is 4.99. The van der Waals surface area contributed by atoms with Crippen molar-refractivity contribution in [1.29, 1.82) is 0 Å². The number of rotatable bonds is 2. The van der Waals surface area contributed by atoms with Crippen molar-refractivity contribution in [2.24, 2.45) is 0 Å². The number of halogens is 1. The third-order valence-corrected chi connectivity index (χ3v) is 1.68. The Balaban J connectivity index is 2.83. The molecule has 0 fully saturated rings. The van der Waals surface area contributed by atoms with Crippen LogP contribution in [0, 0.1) is 0 Å². The molecule has 0 heterocycles. The van der Waals surface area contributed by atoms with Crippen LogP contribution in [0.2, 0.25) is 5.25 Å². The second-order valence-electron chi connectivity index (χ2n) is 1.11. The van der Waals surface area contributed by atoms with Gasteiger partial charge in [0.15, 0.2) is 0 Å². The Hall–Kier alpha value is 0.503. The van der Waals surface area contributed by atoms with Crippen LogP contribution in [-0.4, -0.2) is 21.8 Å². The second-order valence-corrected chi connectivity index (χ2v) is 3.62. The molecule has 0 bridgehead atoms. The molecule has 0 aliphatic carbocycles. The Bertz CT molecular complexity index is 54.8. The summed E-state index contributed by atoms with van der Waals surface area (Å²) < 4.78 is 0. The standard InChI is InChI=1S/C3H7ClGeO/c4-3(6)1-2-5/h1-2H2,5H3. The molecule has 0 saturated heterocycles. The molecule has 0 amide bonds. The quantitative estimate of drug-likeness (QED) is 0.415. The van der Waals surface area contributed by atoms with Crippen LogP contribution in [0.3, 0.4) is 0 Å². The fourth-order valence-corrected chi connectivity index (χ4v) is 2.00. The molecule has 3 heteroatoms. The SMILES string of the molecule is O=C(Cl)C[CH2][GeH3]. The van der Waals surface area contributed by atoms with Crippen molar-refractivity contribution in [2.45, 2.75) is 11.7 Å². The molecule has 36 valence electrons. The van der Waals surface area contributed by atoms with E-state index in [0.717, 1.165) is 21.8 Å². The van der Waals surface area contributed by atoms with Crippen LogP contribution in [0.1, 0.15) is 6.42 Å². The van der Waals surface area contributed by atoms with E-state index in [0.29, 0.717) is 6.42 Å². The predicted molar refractivity (Wildman–Crippen MR) is 30.2 cm³/mol. The third kappa shape index (κ3) is 4.50. The zero-order valence-electron chi connectivity index (χ0n) is 3.70. The zero-order valence-corrected chi connectivity index (χ0v) is 8.65. The van der Waals surface area contributed by atoms with Crippen molar-refractivity contribution in [3.05, 3.63) is 0 Å². The predicted octanol–water partition coefficient (Wildman–Crippen LogP) is -0.0744. The van der Waals surface area contributed by atoms with E-state index in [2.05, 4.69) is 0 Å². The first-order valence-electron chi connectivity index (χ1n) is 1.95. The maximum absolute atomic E-state index is 9.84. The molecule has 0 aromatic carbocycles. The van der Waals surface area contributed by atoms with Gasteiger partial charge in [0.2, 0.25) is 0 Å². The monoisotopic (exact) mass is 168 g/mol. The Kier molecular flexibility index (Phi) is 3.99. The average Bonchev–Trinajstić information content (AvgIpc) is 1.35. The molecule has 6 heavy (non-hydrogen) atoms. The second kappa shape index (κ2) is 3.68. The molecule has 0 aromatic rings. The van der Waals surface area contributed by atoms with Crippen LogP contribution in [0.25, 0.3) is 0 Å². The molecule has 0 atom stereocenters. The molecule has 0 unspecified atom stereocenters. The Morgan fingerprint density at radius 1 is 1.83 bits per heavy atom. The van der Waals surface area contributed by atoms with Gasteiger partial charge in [0.25, 0.3) is 0 Å². The van der Waals surface area contributed by atoms with E-state index in [4.69, 9.17) is 11.6 Å². The van der Waals surface area contributed by atoms with Crippen molar-refractivity contribution in [1.82, 2.24) is 0 Å². The topological polar surface area (TPSA) is 17.1 Å². The van der Waals surface area contributed by atoms with E-state index in [1.807, 2.05) is 0 Å². The van der Waals surface area contributed by atoms with Crippen molar-refractivity contribution in [3.8, 4) is 0 Å². The first-order valence-corrected chi connectivity index (χ1v) is 5.30. The van der Waals surface area contributed by atoms with Crippen molar-refractivity contribution >= 4 is 33.4 Å². The van der Waals surface area contributed by atoms with Gasteiger partial charge in [0.05, 0.1) is 0 Å². The summed E-state index contributed by atoms with van der Waals surface area (Å²) in [7, 11) is 0. The number of hydrogen-bond acceptors (Lipinski definition) is 1. The summed E-state index contributed by atoms with van der Waals surface area (Å²) in [5.41, 5.74) is 0. The first kappa shape index (κ1) is 6.50. The maximum atomic E-state index is 9.84. The molecule has 0 spiro atoms. The minimum atomic E-state index is -0.192. The normalized spacial score (nSPS) is 8.83. The fraction of sp³-hybridized carbons (Fsp3) is 0.667. The summed E-state index contributed by atoms with van der Waals surface area (Å²) in [5.74, 6) is 0. The van der Waals surface area contributed by atoms with Crippen LogP contribution in [0.5, 0.6) is 0 Å². The van der Waals surface area contributed by atoms with E-state index in [1.165, 1.54) is 0 Å². The summed E-state index contributed by atoms with van der Waals surface area (Å²) in [4.78, 5) is 9.84. The summed E-state index contributed by atoms with van der Waals surface area (Å²) in [6.07, 6.45) is 0.585. The number of carbonyl (C=O) groups excluding carboxylic acids is 1. The summed E-state index contributed by atoms with van der Waals surface area (Å²) in [6.45, 7) is 0. The molecule has 0 aromatic heterocycles. The van der Waals surface area contributed by atoms with Gasteiger partial charge in [-0.15, -0.1) is 0 Å². The molecule has 1 nitrogen and oxygen atoms in total. The van der Waals surface area contributed by atoms with E-state index < -0.39 is 0 Å². The molecular weight excluding hydrogens is 160 g/mol. The minimum absolute atomic E-state index is 0.192. The first-order chi connectivity index (χ1) is 2.77. The van der Waals surface area contributed by atoms with Crippen LogP contribution < -0.4 is 0 Å². The van der Waals surface area contributed by atoms with Gasteiger partial charge < -0.3 is 0 Å². The van der Waals surface area contributed by atoms with Gasteiger partial charge in [-0.25, -0.2) is 0 Å². The average molecular weight is 167 g/mol. The van der Waals surface area contributed by atoms with E-state index in [9.17, 15) is 4.79 Å². The Morgan fingerprint density at radius 2 is 2.33 bits per heavy atom. The van der Waals surface area contributed by atoms with Gasteiger partial charge in [0, 0.05) is 0 Å². The molecule has 0 radical (unpaired) electrons. The Labute approximate surface area is 50.3 Å². The van der Waals surface area contributed by atoms with Crippen LogP contribution in [0.4, 0.5) is 0 Å². The Morgan fingerprint density at radius 3 is 2.33 bits per heavy atom. The van der Waals surface area contributed by atoms with Gasteiger partial charge in [-0.05, 0) is 0 Å².